The monoisotopic (exact) mass is 400 g/mol. The van der Waals surface area contributed by atoms with Crippen molar-refractivity contribution in [2.45, 2.75) is 52.4 Å². The molecule has 1 amide bonds. The maximum Gasteiger partial charge on any atom is 0.262 e. The molecule has 3 rings (SSSR count). The van der Waals surface area contributed by atoms with Crippen molar-refractivity contribution in [2.24, 2.45) is 5.92 Å². The van der Waals surface area contributed by atoms with Crippen LogP contribution in [0.25, 0.3) is 0 Å². The predicted octanol–water partition coefficient (Wildman–Crippen LogP) is 4.35. The molecule has 6 heteroatoms. The van der Waals surface area contributed by atoms with E-state index in [2.05, 4.69) is 18.6 Å². The van der Waals surface area contributed by atoms with Gasteiger partial charge >= 0.3 is 0 Å². The zero-order valence-electron chi connectivity index (χ0n) is 17.2. The van der Waals surface area contributed by atoms with E-state index in [0.29, 0.717) is 35.9 Å². The third-order valence-corrected chi connectivity index (χ3v) is 6.64. The van der Waals surface area contributed by atoms with Gasteiger partial charge in [-0.25, -0.2) is 8.42 Å². The van der Waals surface area contributed by atoms with Crippen LogP contribution in [0.2, 0.25) is 0 Å². The average molecular weight is 401 g/mol. The molecule has 1 N–H and O–H groups in total. The highest BCUT2D eigenvalue weighted by Gasteiger charge is 2.26. The summed E-state index contributed by atoms with van der Waals surface area (Å²) in [5.41, 5.74) is 4.91. The zero-order valence-corrected chi connectivity index (χ0v) is 18.0. The SMILES string of the molecule is Cc1cc(C)c(S(=O)(=O)Nc2ccc3c(c2)CCC(=O)N3CC(C)C)c(C)c1. The van der Waals surface area contributed by atoms with E-state index < -0.39 is 10.0 Å². The molecule has 0 unspecified atom stereocenters. The van der Waals surface area contributed by atoms with Gasteiger partial charge in [0.25, 0.3) is 10.0 Å². The molecule has 0 saturated heterocycles. The van der Waals surface area contributed by atoms with Crippen LogP contribution in [0.5, 0.6) is 0 Å². The van der Waals surface area contributed by atoms with Gasteiger partial charge in [-0.3, -0.25) is 9.52 Å². The molecule has 2 aromatic carbocycles. The number of amides is 1. The van der Waals surface area contributed by atoms with Crippen LogP contribution in [0.4, 0.5) is 11.4 Å². The summed E-state index contributed by atoms with van der Waals surface area (Å²) in [4.78, 5) is 14.4. The van der Waals surface area contributed by atoms with Crippen molar-refractivity contribution in [3.05, 3.63) is 52.6 Å². The second kappa shape index (κ2) is 7.59. The summed E-state index contributed by atoms with van der Waals surface area (Å²) in [6.07, 6.45) is 1.08. The molecule has 5 nitrogen and oxygen atoms in total. The van der Waals surface area contributed by atoms with Gasteiger partial charge in [0.1, 0.15) is 0 Å². The van der Waals surface area contributed by atoms with Gasteiger partial charge in [0.05, 0.1) is 4.90 Å². The molecule has 2 aromatic rings. The lowest BCUT2D eigenvalue weighted by molar-refractivity contribution is -0.119. The van der Waals surface area contributed by atoms with Crippen LogP contribution in [0, 0.1) is 26.7 Å². The van der Waals surface area contributed by atoms with Gasteiger partial charge in [-0.05, 0) is 68.0 Å². The lowest BCUT2D eigenvalue weighted by atomic mass is 9.99. The molecule has 0 bridgehead atoms. The molecule has 0 aliphatic carbocycles. The van der Waals surface area contributed by atoms with E-state index in [1.165, 1.54) is 0 Å². The first-order valence-corrected chi connectivity index (χ1v) is 11.1. The van der Waals surface area contributed by atoms with E-state index >= 15 is 0 Å². The Bertz CT molecular complexity index is 1000. The molecular formula is C22H28N2O3S. The van der Waals surface area contributed by atoms with Gasteiger partial charge in [-0.15, -0.1) is 0 Å². The fourth-order valence-corrected chi connectivity index (χ4v) is 5.49. The minimum absolute atomic E-state index is 0.125. The normalized spacial score (nSPS) is 14.4. The third kappa shape index (κ3) is 4.07. The molecule has 0 atom stereocenters. The Balaban J connectivity index is 1.93. The second-order valence-corrected chi connectivity index (χ2v) is 9.69. The molecular weight excluding hydrogens is 372 g/mol. The highest BCUT2D eigenvalue weighted by atomic mass is 32.2. The number of aryl methyl sites for hydroxylation is 4. The molecule has 1 aliphatic heterocycles. The Labute approximate surface area is 167 Å². The van der Waals surface area contributed by atoms with Crippen molar-refractivity contribution in [1.82, 2.24) is 0 Å². The quantitative estimate of drug-likeness (QED) is 0.811. The Morgan fingerprint density at radius 3 is 2.29 bits per heavy atom. The van der Waals surface area contributed by atoms with Crippen LogP contribution < -0.4 is 9.62 Å². The number of sulfonamides is 1. The maximum atomic E-state index is 13.0. The predicted molar refractivity (Wildman–Crippen MR) is 113 cm³/mol. The Kier molecular flexibility index (Phi) is 5.53. The van der Waals surface area contributed by atoms with Crippen LogP contribution in [0.1, 0.15) is 42.5 Å². The largest absolute Gasteiger partial charge is 0.312 e. The number of nitrogens with one attached hydrogen (secondary N) is 1. The van der Waals surface area contributed by atoms with Crippen LogP contribution in [0.3, 0.4) is 0 Å². The zero-order chi connectivity index (χ0) is 20.6. The number of anilines is 2. The first kappa shape index (κ1) is 20.4. The van der Waals surface area contributed by atoms with Gasteiger partial charge in [-0.1, -0.05) is 31.5 Å². The number of rotatable bonds is 5. The number of hydrogen-bond acceptors (Lipinski definition) is 3. The Morgan fingerprint density at radius 2 is 1.68 bits per heavy atom. The van der Waals surface area contributed by atoms with E-state index in [1.54, 1.807) is 6.07 Å². The van der Waals surface area contributed by atoms with Crippen molar-refractivity contribution >= 4 is 27.3 Å². The first-order chi connectivity index (χ1) is 13.1. The Morgan fingerprint density at radius 1 is 1.04 bits per heavy atom. The number of hydrogen-bond donors (Lipinski definition) is 1. The molecule has 0 fully saturated rings. The molecule has 0 spiro atoms. The average Bonchev–Trinajstić information content (AvgIpc) is 2.55. The van der Waals surface area contributed by atoms with Crippen molar-refractivity contribution < 1.29 is 13.2 Å². The van der Waals surface area contributed by atoms with E-state index in [1.807, 2.05) is 49.9 Å². The maximum absolute atomic E-state index is 13.0. The van der Waals surface area contributed by atoms with Gasteiger partial charge in [0.15, 0.2) is 0 Å². The second-order valence-electron chi connectivity index (χ2n) is 8.08. The molecule has 1 heterocycles. The van der Waals surface area contributed by atoms with Gasteiger partial charge in [0, 0.05) is 24.3 Å². The van der Waals surface area contributed by atoms with Crippen LogP contribution in [-0.2, 0) is 21.2 Å². The van der Waals surface area contributed by atoms with Crippen molar-refractivity contribution in [2.75, 3.05) is 16.2 Å². The van der Waals surface area contributed by atoms with Gasteiger partial charge in [0.2, 0.25) is 5.91 Å². The lowest BCUT2D eigenvalue weighted by Gasteiger charge is -2.31. The van der Waals surface area contributed by atoms with E-state index in [9.17, 15) is 13.2 Å². The highest BCUT2D eigenvalue weighted by molar-refractivity contribution is 7.92. The summed E-state index contributed by atoms with van der Waals surface area (Å²) >= 11 is 0. The number of carbonyl (C=O) groups excluding carboxylic acids is 1. The molecule has 28 heavy (non-hydrogen) atoms. The summed E-state index contributed by atoms with van der Waals surface area (Å²) in [5, 5.41) is 0. The molecule has 1 aliphatic rings. The van der Waals surface area contributed by atoms with E-state index in [4.69, 9.17) is 0 Å². The topological polar surface area (TPSA) is 66.5 Å². The minimum Gasteiger partial charge on any atom is -0.312 e. The van der Waals surface area contributed by atoms with Gasteiger partial charge < -0.3 is 4.90 Å². The molecule has 0 aromatic heterocycles. The fourth-order valence-electron chi connectivity index (χ4n) is 3.99. The number of carbonyl (C=O) groups is 1. The summed E-state index contributed by atoms with van der Waals surface area (Å²) in [5.74, 6) is 0.487. The number of benzene rings is 2. The third-order valence-electron chi connectivity index (χ3n) is 4.95. The summed E-state index contributed by atoms with van der Waals surface area (Å²) in [7, 11) is -3.69. The summed E-state index contributed by atoms with van der Waals surface area (Å²) in [6.45, 7) is 10.4. The number of fused-ring (bicyclic) bond motifs is 1. The standard InChI is InChI=1S/C22H28N2O3S/c1-14(2)13-24-20-8-7-19(12-18(20)6-9-21(24)25)23-28(26,27)22-16(4)10-15(3)11-17(22)5/h7-8,10-12,14,23H,6,9,13H2,1-5H3. The highest BCUT2D eigenvalue weighted by Crippen LogP contribution is 2.32. The van der Waals surface area contributed by atoms with Crippen molar-refractivity contribution in [3.8, 4) is 0 Å². The van der Waals surface area contributed by atoms with E-state index in [-0.39, 0.29) is 5.91 Å². The number of nitrogens with zero attached hydrogens (tertiary/aromatic N) is 1. The summed E-state index contributed by atoms with van der Waals surface area (Å²) < 4.78 is 28.7. The molecule has 150 valence electrons. The van der Waals surface area contributed by atoms with Gasteiger partial charge in [-0.2, -0.15) is 0 Å². The first-order valence-electron chi connectivity index (χ1n) is 9.62. The van der Waals surface area contributed by atoms with Crippen LogP contribution in [0.15, 0.2) is 35.2 Å². The van der Waals surface area contributed by atoms with Crippen molar-refractivity contribution in [3.63, 3.8) is 0 Å². The van der Waals surface area contributed by atoms with E-state index in [0.717, 1.165) is 27.9 Å². The van der Waals surface area contributed by atoms with Crippen molar-refractivity contribution in [1.29, 1.82) is 0 Å². The van der Waals surface area contributed by atoms with Crippen LogP contribution >= 0.6 is 0 Å². The molecule has 0 saturated carbocycles. The smallest absolute Gasteiger partial charge is 0.262 e. The Hall–Kier alpha value is -2.34. The fraction of sp³-hybridized carbons (Fsp3) is 0.409. The molecule has 0 radical (unpaired) electrons. The minimum atomic E-state index is -3.69. The lowest BCUT2D eigenvalue weighted by Crippen LogP contribution is -2.37. The van der Waals surface area contributed by atoms with Crippen LogP contribution in [-0.4, -0.2) is 20.9 Å². The summed E-state index contributed by atoms with van der Waals surface area (Å²) in [6, 6.07) is 9.20.